The number of halogens is 2. The lowest BCUT2D eigenvalue weighted by atomic mass is 10.2. The van der Waals surface area contributed by atoms with Crippen molar-refractivity contribution in [1.82, 2.24) is 0 Å². The van der Waals surface area contributed by atoms with Gasteiger partial charge in [-0.05, 0) is 18.2 Å². The molecule has 0 spiro atoms. The Labute approximate surface area is 107 Å². The van der Waals surface area contributed by atoms with E-state index in [1.54, 1.807) is 0 Å². The van der Waals surface area contributed by atoms with Crippen molar-refractivity contribution in [2.45, 2.75) is 6.54 Å². The standard InChI is InChI=1S/C13H10F2N2O2/c14-10-2-1-9(13(15)7-10)8-16-11-3-5-12(6-4-11)17(18)19/h1-7,16H,8H2. The third kappa shape index (κ3) is 3.25. The van der Waals surface area contributed by atoms with Crippen LogP contribution in [0.15, 0.2) is 42.5 Å². The van der Waals surface area contributed by atoms with Crippen LogP contribution in [0.4, 0.5) is 20.2 Å². The van der Waals surface area contributed by atoms with Crippen molar-refractivity contribution in [2.24, 2.45) is 0 Å². The molecule has 0 saturated carbocycles. The van der Waals surface area contributed by atoms with Gasteiger partial charge in [-0.2, -0.15) is 0 Å². The number of anilines is 1. The summed E-state index contributed by atoms with van der Waals surface area (Å²) in [5.74, 6) is -1.26. The van der Waals surface area contributed by atoms with Crippen LogP contribution in [0.1, 0.15) is 5.56 Å². The van der Waals surface area contributed by atoms with E-state index in [9.17, 15) is 18.9 Å². The second-order valence-corrected chi connectivity index (χ2v) is 3.89. The summed E-state index contributed by atoms with van der Waals surface area (Å²) in [6, 6.07) is 9.09. The van der Waals surface area contributed by atoms with Crippen molar-refractivity contribution in [3.63, 3.8) is 0 Å². The van der Waals surface area contributed by atoms with Gasteiger partial charge in [0.1, 0.15) is 11.6 Å². The lowest BCUT2D eigenvalue weighted by molar-refractivity contribution is -0.384. The number of nitro groups is 1. The molecule has 0 aliphatic rings. The van der Waals surface area contributed by atoms with Gasteiger partial charge in [-0.25, -0.2) is 8.78 Å². The van der Waals surface area contributed by atoms with Crippen molar-refractivity contribution >= 4 is 11.4 Å². The topological polar surface area (TPSA) is 55.2 Å². The van der Waals surface area contributed by atoms with Gasteiger partial charge in [-0.1, -0.05) is 6.07 Å². The Kier molecular flexibility index (Phi) is 3.70. The predicted molar refractivity (Wildman–Crippen MR) is 66.8 cm³/mol. The highest BCUT2D eigenvalue weighted by Crippen LogP contribution is 2.17. The van der Waals surface area contributed by atoms with Crippen LogP contribution < -0.4 is 5.32 Å². The zero-order chi connectivity index (χ0) is 13.8. The highest BCUT2D eigenvalue weighted by molar-refractivity contribution is 5.48. The van der Waals surface area contributed by atoms with E-state index in [4.69, 9.17) is 0 Å². The number of nitro benzene ring substituents is 1. The van der Waals surface area contributed by atoms with Crippen LogP contribution >= 0.6 is 0 Å². The highest BCUT2D eigenvalue weighted by Gasteiger charge is 2.05. The van der Waals surface area contributed by atoms with E-state index in [2.05, 4.69) is 5.32 Å². The largest absolute Gasteiger partial charge is 0.381 e. The summed E-state index contributed by atoms with van der Waals surface area (Å²) in [6.07, 6.45) is 0. The van der Waals surface area contributed by atoms with Crippen LogP contribution in [0.5, 0.6) is 0 Å². The Morgan fingerprint density at radius 2 is 1.79 bits per heavy atom. The van der Waals surface area contributed by atoms with Crippen molar-refractivity contribution in [2.75, 3.05) is 5.32 Å². The molecule has 0 fully saturated rings. The van der Waals surface area contributed by atoms with Crippen LogP contribution in [0.2, 0.25) is 0 Å². The average Bonchev–Trinajstić information content (AvgIpc) is 2.38. The van der Waals surface area contributed by atoms with Gasteiger partial charge < -0.3 is 5.32 Å². The minimum Gasteiger partial charge on any atom is -0.381 e. The van der Waals surface area contributed by atoms with Crippen molar-refractivity contribution in [1.29, 1.82) is 0 Å². The van der Waals surface area contributed by atoms with Crippen LogP contribution in [-0.4, -0.2) is 4.92 Å². The minimum atomic E-state index is -0.630. The van der Waals surface area contributed by atoms with Crippen LogP contribution in [0.3, 0.4) is 0 Å². The molecule has 0 aliphatic heterocycles. The molecule has 0 aliphatic carbocycles. The number of rotatable bonds is 4. The van der Waals surface area contributed by atoms with Gasteiger partial charge in [0.25, 0.3) is 5.69 Å². The fourth-order valence-electron chi connectivity index (χ4n) is 1.56. The molecule has 0 saturated heterocycles. The summed E-state index contributed by atoms with van der Waals surface area (Å²) in [5, 5.41) is 13.4. The molecule has 2 rings (SSSR count). The molecule has 6 heteroatoms. The van der Waals surface area contributed by atoms with Crippen molar-refractivity contribution in [3.05, 3.63) is 69.8 Å². The van der Waals surface area contributed by atoms with E-state index in [0.717, 1.165) is 6.07 Å². The van der Waals surface area contributed by atoms with Crippen LogP contribution in [-0.2, 0) is 6.54 Å². The van der Waals surface area contributed by atoms with E-state index < -0.39 is 16.6 Å². The van der Waals surface area contributed by atoms with Gasteiger partial charge >= 0.3 is 0 Å². The summed E-state index contributed by atoms with van der Waals surface area (Å²) in [5.41, 5.74) is 0.924. The lowest BCUT2D eigenvalue weighted by Gasteiger charge is -2.07. The maximum Gasteiger partial charge on any atom is 0.269 e. The summed E-state index contributed by atoms with van der Waals surface area (Å²) in [4.78, 5) is 9.97. The number of nitrogens with one attached hydrogen (secondary N) is 1. The molecule has 2 aromatic carbocycles. The zero-order valence-corrected chi connectivity index (χ0v) is 9.77. The molecule has 19 heavy (non-hydrogen) atoms. The summed E-state index contributed by atoms with van der Waals surface area (Å²) >= 11 is 0. The molecule has 98 valence electrons. The molecular weight excluding hydrogens is 254 g/mol. The van der Waals surface area contributed by atoms with Crippen LogP contribution in [0.25, 0.3) is 0 Å². The molecule has 0 aromatic heterocycles. The van der Waals surface area contributed by atoms with E-state index in [1.165, 1.54) is 36.4 Å². The number of hydrogen-bond donors (Lipinski definition) is 1. The molecule has 0 radical (unpaired) electrons. The summed E-state index contributed by atoms with van der Waals surface area (Å²) in [6.45, 7) is 0.171. The quantitative estimate of drug-likeness (QED) is 0.679. The monoisotopic (exact) mass is 264 g/mol. The molecule has 1 N–H and O–H groups in total. The third-order valence-corrected chi connectivity index (χ3v) is 2.58. The summed E-state index contributed by atoms with van der Waals surface area (Å²) in [7, 11) is 0. The van der Waals surface area contributed by atoms with Gasteiger partial charge in [0.15, 0.2) is 0 Å². The Morgan fingerprint density at radius 3 is 2.37 bits per heavy atom. The Balaban J connectivity index is 2.04. The van der Waals surface area contributed by atoms with E-state index in [-0.39, 0.29) is 12.2 Å². The smallest absolute Gasteiger partial charge is 0.269 e. The normalized spacial score (nSPS) is 10.2. The second kappa shape index (κ2) is 5.43. The molecule has 0 bridgehead atoms. The first kappa shape index (κ1) is 12.9. The Hall–Kier alpha value is -2.50. The van der Waals surface area contributed by atoms with E-state index >= 15 is 0 Å². The third-order valence-electron chi connectivity index (χ3n) is 2.58. The summed E-state index contributed by atoms with van der Waals surface area (Å²) < 4.78 is 26.1. The predicted octanol–water partition coefficient (Wildman–Crippen LogP) is 3.49. The molecule has 0 heterocycles. The average molecular weight is 264 g/mol. The Morgan fingerprint density at radius 1 is 1.11 bits per heavy atom. The van der Waals surface area contributed by atoms with E-state index in [0.29, 0.717) is 11.3 Å². The van der Waals surface area contributed by atoms with Crippen molar-refractivity contribution in [3.8, 4) is 0 Å². The fraction of sp³-hybridized carbons (Fsp3) is 0.0769. The van der Waals surface area contributed by atoms with Gasteiger partial charge in [0.2, 0.25) is 0 Å². The van der Waals surface area contributed by atoms with Crippen LogP contribution in [0, 0.1) is 21.7 Å². The molecule has 0 atom stereocenters. The maximum absolute atomic E-state index is 13.4. The number of nitrogens with zero attached hydrogens (tertiary/aromatic N) is 1. The first-order valence-corrected chi connectivity index (χ1v) is 5.48. The number of hydrogen-bond acceptors (Lipinski definition) is 3. The number of benzene rings is 2. The maximum atomic E-state index is 13.4. The van der Waals surface area contributed by atoms with Crippen molar-refractivity contribution < 1.29 is 13.7 Å². The van der Waals surface area contributed by atoms with Gasteiger partial charge in [-0.3, -0.25) is 10.1 Å². The minimum absolute atomic E-state index is 0.0153. The highest BCUT2D eigenvalue weighted by atomic mass is 19.1. The van der Waals surface area contributed by atoms with Gasteiger partial charge in [0.05, 0.1) is 4.92 Å². The first-order valence-electron chi connectivity index (χ1n) is 5.48. The van der Waals surface area contributed by atoms with Gasteiger partial charge in [0, 0.05) is 36.0 Å². The molecular formula is C13H10F2N2O2. The fourth-order valence-corrected chi connectivity index (χ4v) is 1.56. The van der Waals surface area contributed by atoms with E-state index in [1.807, 2.05) is 0 Å². The first-order chi connectivity index (χ1) is 9.06. The number of non-ortho nitro benzene ring substituents is 1. The lowest BCUT2D eigenvalue weighted by Crippen LogP contribution is -2.02. The Bertz CT molecular complexity index is 600. The molecule has 0 unspecified atom stereocenters. The zero-order valence-electron chi connectivity index (χ0n) is 9.77. The second-order valence-electron chi connectivity index (χ2n) is 3.89. The molecule has 4 nitrogen and oxygen atoms in total. The SMILES string of the molecule is O=[N+]([O-])c1ccc(NCc2ccc(F)cc2F)cc1. The van der Waals surface area contributed by atoms with Gasteiger partial charge in [-0.15, -0.1) is 0 Å². The molecule has 0 amide bonds. The molecule has 2 aromatic rings.